The van der Waals surface area contributed by atoms with Gasteiger partial charge in [-0.15, -0.1) is 0 Å². The third kappa shape index (κ3) is 4.43. The number of hydrogen-bond acceptors (Lipinski definition) is 4. The zero-order chi connectivity index (χ0) is 16.8. The molecule has 0 bridgehead atoms. The van der Waals surface area contributed by atoms with E-state index in [1.165, 1.54) is 12.1 Å². The molecule has 23 heavy (non-hydrogen) atoms. The first-order chi connectivity index (χ1) is 11.0. The van der Waals surface area contributed by atoms with Gasteiger partial charge in [0.15, 0.2) is 0 Å². The molecule has 0 spiro atoms. The molecule has 1 amide bonds. The lowest BCUT2D eigenvalue weighted by Crippen LogP contribution is -2.33. The predicted molar refractivity (Wildman–Crippen MR) is 83.5 cm³/mol. The van der Waals surface area contributed by atoms with Gasteiger partial charge in [-0.25, -0.2) is 4.79 Å². The van der Waals surface area contributed by atoms with Crippen molar-refractivity contribution in [1.82, 2.24) is 4.90 Å². The number of furan rings is 1. The van der Waals surface area contributed by atoms with Gasteiger partial charge in [-0.05, 0) is 37.3 Å². The lowest BCUT2D eigenvalue weighted by Gasteiger charge is -2.21. The number of aromatic carboxylic acids is 1. The summed E-state index contributed by atoms with van der Waals surface area (Å²) < 4.78 is 10.6. The van der Waals surface area contributed by atoms with Gasteiger partial charge in [0.2, 0.25) is 0 Å². The van der Waals surface area contributed by atoms with Crippen LogP contribution < -0.4 is 0 Å². The van der Waals surface area contributed by atoms with Gasteiger partial charge in [0.05, 0.1) is 18.7 Å². The maximum atomic E-state index is 12.7. The van der Waals surface area contributed by atoms with Crippen LogP contribution in [0.15, 0.2) is 40.8 Å². The van der Waals surface area contributed by atoms with E-state index in [0.29, 0.717) is 31.0 Å². The third-order valence-electron chi connectivity index (χ3n) is 3.35. The Morgan fingerprint density at radius 2 is 1.96 bits per heavy atom. The second-order valence-electron chi connectivity index (χ2n) is 5.12. The fourth-order valence-electron chi connectivity index (χ4n) is 2.18. The van der Waals surface area contributed by atoms with Crippen molar-refractivity contribution in [2.75, 3.05) is 20.3 Å². The fourth-order valence-corrected chi connectivity index (χ4v) is 2.18. The van der Waals surface area contributed by atoms with Crippen molar-refractivity contribution in [3.8, 4) is 0 Å². The molecule has 0 aliphatic heterocycles. The summed E-state index contributed by atoms with van der Waals surface area (Å²) in [7, 11) is 1.56. The van der Waals surface area contributed by atoms with Crippen LogP contribution in [0.4, 0.5) is 0 Å². The summed E-state index contributed by atoms with van der Waals surface area (Å²) in [5, 5.41) is 9.05. The summed E-state index contributed by atoms with van der Waals surface area (Å²) >= 11 is 0. The Morgan fingerprint density at radius 3 is 2.57 bits per heavy atom. The van der Waals surface area contributed by atoms with E-state index in [1.807, 2.05) is 19.1 Å². The molecule has 0 unspecified atom stereocenters. The molecule has 1 heterocycles. The summed E-state index contributed by atoms with van der Waals surface area (Å²) in [4.78, 5) is 25.3. The van der Waals surface area contributed by atoms with Gasteiger partial charge in [0.25, 0.3) is 5.91 Å². The van der Waals surface area contributed by atoms with Crippen LogP contribution in [-0.4, -0.2) is 42.1 Å². The van der Waals surface area contributed by atoms with E-state index in [9.17, 15) is 9.59 Å². The molecular formula is C17H19NO5. The Hall–Kier alpha value is -2.60. The highest BCUT2D eigenvalue weighted by atomic mass is 16.5. The topological polar surface area (TPSA) is 80.0 Å². The molecule has 0 aliphatic rings. The molecular weight excluding hydrogens is 298 g/mol. The highest BCUT2D eigenvalue weighted by Gasteiger charge is 2.18. The number of amides is 1. The van der Waals surface area contributed by atoms with Gasteiger partial charge in [-0.2, -0.15) is 0 Å². The van der Waals surface area contributed by atoms with Crippen LogP contribution in [0.5, 0.6) is 0 Å². The third-order valence-corrected chi connectivity index (χ3v) is 3.35. The second kappa shape index (κ2) is 7.60. The van der Waals surface area contributed by atoms with Crippen molar-refractivity contribution in [2.45, 2.75) is 13.5 Å². The van der Waals surface area contributed by atoms with Crippen LogP contribution in [0, 0.1) is 6.92 Å². The van der Waals surface area contributed by atoms with Crippen LogP contribution in [0.3, 0.4) is 0 Å². The standard InChI is InChI=1S/C17H19NO5/c1-12-6-7-15(23-12)11-18(8-9-22-2)16(19)13-4-3-5-14(10-13)17(20)21/h3-7,10H,8-9,11H2,1-2H3,(H,20,21). The Labute approximate surface area is 134 Å². The molecule has 2 aromatic rings. The van der Waals surface area contributed by atoms with Crippen molar-refractivity contribution in [3.63, 3.8) is 0 Å². The Balaban J connectivity index is 2.21. The average molecular weight is 317 g/mol. The van der Waals surface area contributed by atoms with E-state index < -0.39 is 5.97 Å². The number of nitrogens with zero attached hydrogens (tertiary/aromatic N) is 1. The van der Waals surface area contributed by atoms with E-state index in [4.69, 9.17) is 14.3 Å². The normalized spacial score (nSPS) is 10.5. The lowest BCUT2D eigenvalue weighted by molar-refractivity contribution is 0.0666. The first-order valence-corrected chi connectivity index (χ1v) is 7.18. The van der Waals surface area contributed by atoms with Crippen LogP contribution in [0.1, 0.15) is 32.2 Å². The molecule has 1 aromatic carbocycles. The molecule has 1 N–H and O–H groups in total. The lowest BCUT2D eigenvalue weighted by atomic mass is 10.1. The van der Waals surface area contributed by atoms with E-state index in [-0.39, 0.29) is 11.5 Å². The van der Waals surface area contributed by atoms with Crippen molar-refractivity contribution in [3.05, 3.63) is 59.0 Å². The Kier molecular flexibility index (Phi) is 5.54. The number of hydrogen-bond donors (Lipinski definition) is 1. The number of benzene rings is 1. The highest BCUT2D eigenvalue weighted by Crippen LogP contribution is 2.14. The van der Waals surface area contributed by atoms with Crippen LogP contribution >= 0.6 is 0 Å². The molecule has 0 saturated heterocycles. The van der Waals surface area contributed by atoms with Crippen molar-refractivity contribution in [1.29, 1.82) is 0 Å². The number of carboxylic acids is 1. The zero-order valence-corrected chi connectivity index (χ0v) is 13.1. The number of ether oxygens (including phenoxy) is 1. The predicted octanol–water partition coefficient (Wildman–Crippen LogP) is 2.58. The number of methoxy groups -OCH3 is 1. The molecule has 0 aliphatic carbocycles. The van der Waals surface area contributed by atoms with E-state index in [0.717, 1.165) is 5.76 Å². The number of carbonyl (C=O) groups is 2. The monoisotopic (exact) mass is 317 g/mol. The van der Waals surface area contributed by atoms with Gasteiger partial charge in [-0.3, -0.25) is 4.79 Å². The maximum absolute atomic E-state index is 12.7. The molecule has 0 atom stereocenters. The van der Waals surface area contributed by atoms with Gasteiger partial charge in [-0.1, -0.05) is 6.07 Å². The summed E-state index contributed by atoms with van der Waals surface area (Å²) in [5.41, 5.74) is 0.403. The SMILES string of the molecule is COCCN(Cc1ccc(C)o1)C(=O)c1cccc(C(=O)O)c1. The van der Waals surface area contributed by atoms with Crippen molar-refractivity contribution < 1.29 is 23.8 Å². The number of rotatable bonds is 7. The summed E-state index contributed by atoms with van der Waals surface area (Å²) in [5.74, 6) is 0.109. The Morgan fingerprint density at radius 1 is 1.22 bits per heavy atom. The molecule has 122 valence electrons. The molecule has 6 nitrogen and oxygen atoms in total. The van der Waals surface area contributed by atoms with Crippen molar-refractivity contribution in [2.24, 2.45) is 0 Å². The minimum absolute atomic E-state index is 0.0800. The maximum Gasteiger partial charge on any atom is 0.335 e. The zero-order valence-electron chi connectivity index (χ0n) is 13.1. The minimum Gasteiger partial charge on any atom is -0.478 e. The van der Waals surface area contributed by atoms with Crippen LogP contribution in [0.2, 0.25) is 0 Å². The number of aryl methyl sites for hydroxylation is 1. The van der Waals surface area contributed by atoms with E-state index in [2.05, 4.69) is 0 Å². The molecule has 6 heteroatoms. The summed E-state index contributed by atoms with van der Waals surface area (Å²) in [6, 6.07) is 9.63. The van der Waals surface area contributed by atoms with Gasteiger partial charge < -0.3 is 19.2 Å². The summed E-state index contributed by atoms with van der Waals surface area (Å²) in [6.45, 7) is 2.89. The van der Waals surface area contributed by atoms with Gasteiger partial charge in [0, 0.05) is 19.2 Å². The number of carbonyl (C=O) groups excluding carboxylic acids is 1. The first kappa shape index (κ1) is 16.8. The molecule has 0 saturated carbocycles. The van der Waals surface area contributed by atoms with Gasteiger partial charge in [0.1, 0.15) is 11.5 Å². The van der Waals surface area contributed by atoms with Crippen molar-refractivity contribution >= 4 is 11.9 Å². The largest absolute Gasteiger partial charge is 0.478 e. The molecule has 0 radical (unpaired) electrons. The van der Waals surface area contributed by atoms with Crippen LogP contribution in [0.25, 0.3) is 0 Å². The number of carboxylic acid groups (broad SMARTS) is 1. The smallest absolute Gasteiger partial charge is 0.335 e. The molecule has 0 fully saturated rings. The Bertz CT molecular complexity index is 692. The quantitative estimate of drug-likeness (QED) is 0.849. The minimum atomic E-state index is -1.07. The fraction of sp³-hybridized carbons (Fsp3) is 0.294. The average Bonchev–Trinajstić information content (AvgIpc) is 2.96. The molecule has 1 aromatic heterocycles. The van der Waals surface area contributed by atoms with E-state index >= 15 is 0 Å². The second-order valence-corrected chi connectivity index (χ2v) is 5.12. The first-order valence-electron chi connectivity index (χ1n) is 7.18. The highest BCUT2D eigenvalue weighted by molar-refractivity contribution is 5.97. The van der Waals surface area contributed by atoms with Crippen LogP contribution in [-0.2, 0) is 11.3 Å². The summed E-state index contributed by atoms with van der Waals surface area (Å²) in [6.07, 6.45) is 0. The molecule has 2 rings (SSSR count). The van der Waals surface area contributed by atoms with Gasteiger partial charge >= 0.3 is 5.97 Å². The van der Waals surface area contributed by atoms with E-state index in [1.54, 1.807) is 24.1 Å².